The third-order valence-corrected chi connectivity index (χ3v) is 6.62. The highest BCUT2D eigenvalue weighted by Crippen LogP contribution is 2.36. The van der Waals surface area contributed by atoms with Crippen molar-refractivity contribution >= 4 is 40.7 Å². The third-order valence-electron chi connectivity index (χ3n) is 5.91. The molecule has 2 N–H and O–H groups in total. The van der Waals surface area contributed by atoms with Gasteiger partial charge in [0.2, 0.25) is 5.95 Å². The smallest absolute Gasteiger partial charge is 0.255 e. The number of anilines is 2. The molecule has 5 rings (SSSR count). The number of tetrazole rings is 1. The van der Waals surface area contributed by atoms with Crippen molar-refractivity contribution in [3.05, 3.63) is 105 Å². The van der Waals surface area contributed by atoms with Gasteiger partial charge in [0.15, 0.2) is 0 Å². The van der Waals surface area contributed by atoms with Gasteiger partial charge in [0.25, 0.3) is 5.91 Å². The average molecular weight is 521 g/mol. The van der Waals surface area contributed by atoms with Crippen molar-refractivity contribution in [1.29, 1.82) is 0 Å². The highest BCUT2D eigenvalue weighted by Gasteiger charge is 2.34. The molecule has 2 heterocycles. The summed E-state index contributed by atoms with van der Waals surface area (Å²) in [6.07, 6.45) is 0. The van der Waals surface area contributed by atoms with E-state index in [4.69, 9.17) is 27.9 Å². The number of nitrogens with zero attached hydrogens (tertiary/aromatic N) is 4. The number of halogens is 2. The highest BCUT2D eigenvalue weighted by atomic mass is 35.5. The molecule has 0 saturated heterocycles. The summed E-state index contributed by atoms with van der Waals surface area (Å²) in [5.41, 5.74) is 4.52. The van der Waals surface area contributed by atoms with Gasteiger partial charge in [0, 0.05) is 27.0 Å². The molecule has 0 fully saturated rings. The summed E-state index contributed by atoms with van der Waals surface area (Å²) in [6, 6.07) is 19.9. The van der Waals surface area contributed by atoms with E-state index < -0.39 is 6.04 Å². The van der Waals surface area contributed by atoms with E-state index in [1.807, 2.05) is 62.4 Å². The molecule has 36 heavy (non-hydrogen) atoms. The van der Waals surface area contributed by atoms with Gasteiger partial charge in [-0.15, -0.1) is 0 Å². The van der Waals surface area contributed by atoms with E-state index >= 15 is 0 Å². The molecule has 0 saturated carbocycles. The molecule has 1 aliphatic heterocycles. The molecule has 1 unspecified atom stereocenters. The highest BCUT2D eigenvalue weighted by molar-refractivity contribution is 6.35. The summed E-state index contributed by atoms with van der Waals surface area (Å²) in [7, 11) is 0. The van der Waals surface area contributed by atoms with Crippen LogP contribution in [0.3, 0.4) is 0 Å². The van der Waals surface area contributed by atoms with Crippen molar-refractivity contribution < 1.29 is 9.53 Å². The Morgan fingerprint density at radius 3 is 2.42 bits per heavy atom. The molecule has 182 valence electrons. The number of fused-ring (bicyclic) bond motifs is 1. The van der Waals surface area contributed by atoms with Crippen LogP contribution in [0.15, 0.2) is 78.0 Å². The fourth-order valence-electron chi connectivity index (χ4n) is 4.02. The summed E-state index contributed by atoms with van der Waals surface area (Å²) < 4.78 is 7.51. The third kappa shape index (κ3) is 4.78. The van der Waals surface area contributed by atoms with Gasteiger partial charge in [-0.05, 0) is 66.2 Å². The molecule has 0 bridgehead atoms. The van der Waals surface area contributed by atoms with Crippen LogP contribution in [-0.2, 0) is 11.4 Å². The van der Waals surface area contributed by atoms with Crippen molar-refractivity contribution in [3.63, 3.8) is 0 Å². The molecule has 8 nitrogen and oxygen atoms in total. The van der Waals surface area contributed by atoms with E-state index in [-0.39, 0.29) is 12.5 Å². The van der Waals surface area contributed by atoms with Gasteiger partial charge in [-0.1, -0.05) is 64.2 Å². The van der Waals surface area contributed by atoms with E-state index in [1.165, 1.54) is 0 Å². The van der Waals surface area contributed by atoms with Crippen molar-refractivity contribution in [2.24, 2.45) is 0 Å². The molecule has 0 aliphatic carbocycles. The molecule has 1 aliphatic rings. The Bertz CT molecular complexity index is 1430. The van der Waals surface area contributed by atoms with E-state index in [0.717, 1.165) is 16.7 Å². The minimum atomic E-state index is -0.534. The first-order valence-corrected chi connectivity index (χ1v) is 12.0. The molecule has 0 spiro atoms. The van der Waals surface area contributed by atoms with Crippen LogP contribution >= 0.6 is 23.2 Å². The van der Waals surface area contributed by atoms with Gasteiger partial charge in [-0.25, -0.2) is 0 Å². The molecule has 1 amide bonds. The molecule has 0 radical (unpaired) electrons. The number of carbonyl (C=O) groups excluding carboxylic acids is 1. The number of hydrogen-bond donors (Lipinski definition) is 2. The number of rotatable bonds is 6. The number of aryl methyl sites for hydroxylation is 1. The lowest BCUT2D eigenvalue weighted by atomic mass is 9.95. The number of nitrogens with one attached hydrogen (secondary N) is 2. The van der Waals surface area contributed by atoms with E-state index in [2.05, 4.69) is 26.2 Å². The fourth-order valence-corrected chi connectivity index (χ4v) is 4.53. The molecule has 3 aromatic carbocycles. The van der Waals surface area contributed by atoms with Crippen LogP contribution in [0.25, 0.3) is 0 Å². The average Bonchev–Trinajstić information content (AvgIpc) is 3.33. The Morgan fingerprint density at radius 2 is 1.72 bits per heavy atom. The number of aromatic nitrogens is 4. The quantitative estimate of drug-likeness (QED) is 0.334. The molecular weight excluding hydrogens is 499 g/mol. The topological polar surface area (TPSA) is 94.0 Å². The lowest BCUT2D eigenvalue weighted by molar-refractivity contribution is -0.113. The second-order valence-corrected chi connectivity index (χ2v) is 9.21. The maximum atomic E-state index is 13.4. The van der Waals surface area contributed by atoms with E-state index in [9.17, 15) is 4.79 Å². The molecular formula is C26H22Cl2N6O2. The summed E-state index contributed by atoms with van der Waals surface area (Å²) in [5.74, 6) is 0.841. The lowest BCUT2D eigenvalue weighted by Crippen LogP contribution is -2.31. The van der Waals surface area contributed by atoms with Gasteiger partial charge < -0.3 is 15.4 Å². The Kier molecular flexibility index (Phi) is 6.63. The van der Waals surface area contributed by atoms with Crippen molar-refractivity contribution in [3.8, 4) is 5.75 Å². The second-order valence-electron chi connectivity index (χ2n) is 8.39. The lowest BCUT2D eigenvalue weighted by Gasteiger charge is -2.28. The summed E-state index contributed by atoms with van der Waals surface area (Å²) in [5, 5.41) is 19.2. The zero-order chi connectivity index (χ0) is 25.2. The van der Waals surface area contributed by atoms with Crippen LogP contribution in [0.4, 0.5) is 11.6 Å². The first-order valence-electron chi connectivity index (χ1n) is 11.2. The van der Waals surface area contributed by atoms with Gasteiger partial charge in [0.05, 0.1) is 5.57 Å². The van der Waals surface area contributed by atoms with Crippen LogP contribution in [0, 0.1) is 6.92 Å². The first-order chi connectivity index (χ1) is 17.4. The van der Waals surface area contributed by atoms with Crippen LogP contribution in [0.2, 0.25) is 10.0 Å². The monoisotopic (exact) mass is 520 g/mol. The van der Waals surface area contributed by atoms with Gasteiger partial charge in [-0.2, -0.15) is 4.68 Å². The van der Waals surface area contributed by atoms with E-state index in [0.29, 0.717) is 38.7 Å². The Balaban J connectivity index is 1.41. The Morgan fingerprint density at radius 1 is 1.03 bits per heavy atom. The van der Waals surface area contributed by atoms with Crippen molar-refractivity contribution in [1.82, 2.24) is 20.2 Å². The zero-order valence-electron chi connectivity index (χ0n) is 19.5. The fraction of sp³-hybridized carbons (Fsp3) is 0.154. The SMILES string of the molecule is CC1=C(C(=O)Nc2ccc(C)cc2)C(c2ccc(OCc3c(Cl)cccc3Cl)cc2)n2nnnc2N1. The number of allylic oxidation sites excluding steroid dienone is 1. The van der Waals surface area contributed by atoms with E-state index in [1.54, 1.807) is 22.9 Å². The number of amides is 1. The zero-order valence-corrected chi connectivity index (χ0v) is 21.0. The van der Waals surface area contributed by atoms with Crippen LogP contribution in [-0.4, -0.2) is 26.1 Å². The van der Waals surface area contributed by atoms with Gasteiger partial charge >= 0.3 is 0 Å². The molecule has 1 aromatic heterocycles. The summed E-state index contributed by atoms with van der Waals surface area (Å²) >= 11 is 12.5. The number of ether oxygens (including phenoxy) is 1. The maximum absolute atomic E-state index is 13.4. The van der Waals surface area contributed by atoms with Crippen LogP contribution in [0.5, 0.6) is 5.75 Å². The van der Waals surface area contributed by atoms with Gasteiger partial charge in [-0.3, -0.25) is 4.79 Å². The predicted octanol–water partition coefficient (Wildman–Crippen LogP) is 5.79. The second kappa shape index (κ2) is 10.0. The predicted molar refractivity (Wildman–Crippen MR) is 139 cm³/mol. The van der Waals surface area contributed by atoms with Crippen LogP contribution in [0.1, 0.15) is 29.7 Å². The standard InChI is InChI=1S/C26H22Cl2N6O2/c1-15-6-10-18(11-7-15)30-25(35)23-16(2)29-26-31-32-33-34(26)24(23)17-8-12-19(13-9-17)36-14-20-21(27)4-3-5-22(20)28/h3-13,24H,14H2,1-2H3,(H,30,35)(H,29,31,33). The number of benzene rings is 3. The molecule has 1 atom stereocenters. The molecule has 4 aromatic rings. The van der Waals surface area contributed by atoms with Crippen LogP contribution < -0.4 is 15.4 Å². The first kappa shape index (κ1) is 23.8. The normalized spacial score (nSPS) is 14.7. The summed E-state index contributed by atoms with van der Waals surface area (Å²) in [4.78, 5) is 13.4. The minimum absolute atomic E-state index is 0.228. The maximum Gasteiger partial charge on any atom is 0.255 e. The minimum Gasteiger partial charge on any atom is -0.489 e. The summed E-state index contributed by atoms with van der Waals surface area (Å²) in [6.45, 7) is 4.06. The number of hydrogen-bond acceptors (Lipinski definition) is 6. The Labute approximate surface area is 217 Å². The largest absolute Gasteiger partial charge is 0.489 e. The molecule has 10 heteroatoms. The van der Waals surface area contributed by atoms with Crippen molar-refractivity contribution in [2.45, 2.75) is 26.5 Å². The van der Waals surface area contributed by atoms with Crippen molar-refractivity contribution in [2.75, 3.05) is 10.6 Å². The van der Waals surface area contributed by atoms with Gasteiger partial charge in [0.1, 0.15) is 18.4 Å². The number of carbonyl (C=O) groups is 1. The Hall–Kier alpha value is -3.88.